The number of rotatable bonds is 4. The van der Waals surface area contributed by atoms with Crippen LogP contribution in [0.3, 0.4) is 0 Å². The molecule has 0 N–H and O–H groups in total. The molecule has 0 bridgehead atoms. The second kappa shape index (κ2) is 6.10. The van der Waals surface area contributed by atoms with E-state index in [1.807, 2.05) is 6.07 Å². The predicted molar refractivity (Wildman–Crippen MR) is 104 cm³/mol. The lowest BCUT2D eigenvalue weighted by Gasteiger charge is -2.10. The lowest BCUT2D eigenvalue weighted by molar-refractivity contribution is -0.384. The van der Waals surface area contributed by atoms with Crippen LogP contribution in [0, 0.1) is 16.0 Å². The second-order valence-electron chi connectivity index (χ2n) is 7.25. The number of nitro groups is 1. The highest BCUT2D eigenvalue weighted by Gasteiger charge is 2.77. The summed E-state index contributed by atoms with van der Waals surface area (Å²) in [6, 6.07) is 21.7. The Labute approximate surface area is 165 Å². The predicted octanol–water partition coefficient (Wildman–Crippen LogP) is 4.21. The van der Waals surface area contributed by atoms with E-state index >= 15 is 0 Å². The number of nitrogens with zero attached hydrogens (tertiary/aromatic N) is 1. The molecule has 3 atom stereocenters. The molecule has 1 fully saturated rings. The summed E-state index contributed by atoms with van der Waals surface area (Å²) in [6.07, 6.45) is 0. The highest BCUT2D eigenvalue weighted by molar-refractivity contribution is 6.17. The average Bonchev–Trinajstić information content (AvgIpc) is 3.33. The van der Waals surface area contributed by atoms with Crippen molar-refractivity contribution in [1.29, 1.82) is 0 Å². The van der Waals surface area contributed by atoms with Crippen LogP contribution in [0.4, 0.5) is 5.69 Å². The molecule has 0 aromatic heterocycles. The van der Waals surface area contributed by atoms with Crippen LogP contribution in [0.5, 0.6) is 5.75 Å². The number of hydrogen-bond acceptors (Lipinski definition) is 5. The number of hydrogen-bond donors (Lipinski definition) is 0. The minimum absolute atomic E-state index is 0.0451. The largest absolute Gasteiger partial charge is 0.477 e. The van der Waals surface area contributed by atoms with E-state index < -0.39 is 22.4 Å². The van der Waals surface area contributed by atoms with Gasteiger partial charge in [-0.1, -0.05) is 54.6 Å². The molecule has 3 aromatic carbocycles. The maximum atomic E-state index is 13.3. The van der Waals surface area contributed by atoms with Gasteiger partial charge >= 0.3 is 0 Å². The summed E-state index contributed by atoms with van der Waals surface area (Å²) in [7, 11) is 0. The van der Waals surface area contributed by atoms with E-state index in [-0.39, 0.29) is 17.3 Å². The van der Waals surface area contributed by atoms with Crippen molar-refractivity contribution in [2.75, 3.05) is 0 Å². The van der Waals surface area contributed by atoms with Crippen LogP contribution in [-0.2, 0) is 0 Å². The lowest BCUT2D eigenvalue weighted by atomic mass is 10.0. The summed E-state index contributed by atoms with van der Waals surface area (Å²) < 4.78 is 6.11. The second-order valence-corrected chi connectivity index (χ2v) is 7.25. The number of benzene rings is 3. The normalized spacial score (nSPS) is 24.1. The van der Waals surface area contributed by atoms with Crippen molar-refractivity contribution in [3.05, 3.63) is 106 Å². The molecule has 1 saturated carbocycles. The quantitative estimate of drug-likeness (QED) is 0.382. The number of fused-ring (bicyclic) bond motifs is 1. The van der Waals surface area contributed by atoms with Gasteiger partial charge in [-0.2, -0.15) is 0 Å². The molecule has 0 radical (unpaired) electrons. The molecule has 0 saturated heterocycles. The van der Waals surface area contributed by atoms with E-state index in [9.17, 15) is 19.7 Å². The first-order valence-corrected chi connectivity index (χ1v) is 9.20. The van der Waals surface area contributed by atoms with Crippen LogP contribution in [0.15, 0.2) is 78.9 Å². The van der Waals surface area contributed by atoms with Gasteiger partial charge in [-0.05, 0) is 17.7 Å². The first-order chi connectivity index (χ1) is 14.0. The Balaban J connectivity index is 1.59. The number of ketones is 2. The number of Topliss-reactive ketones (excluding diaryl/α,β-unsaturated/α-hetero) is 2. The van der Waals surface area contributed by atoms with Crippen molar-refractivity contribution in [3.63, 3.8) is 0 Å². The van der Waals surface area contributed by atoms with Crippen molar-refractivity contribution in [2.45, 2.75) is 11.5 Å². The van der Waals surface area contributed by atoms with Crippen molar-refractivity contribution in [3.8, 4) is 5.75 Å². The Morgan fingerprint density at radius 3 is 2.24 bits per heavy atom. The molecule has 142 valence electrons. The summed E-state index contributed by atoms with van der Waals surface area (Å²) in [4.78, 5) is 37.1. The Kier molecular flexibility index (Phi) is 3.64. The minimum Gasteiger partial charge on any atom is -0.477 e. The SMILES string of the molecule is O=C(c1ccccc1)[C@H]1[C@H](c2ccc([N+](=O)[O-])cc2)[C@@]12Oc1ccccc1C2=O. The maximum absolute atomic E-state index is 13.3. The number of carbonyl (C=O) groups is 2. The molecule has 6 heteroatoms. The van der Waals surface area contributed by atoms with Crippen LogP contribution >= 0.6 is 0 Å². The fourth-order valence-electron chi connectivity index (χ4n) is 4.33. The van der Waals surface area contributed by atoms with Gasteiger partial charge in [0.2, 0.25) is 5.78 Å². The topological polar surface area (TPSA) is 86.5 Å². The van der Waals surface area contributed by atoms with Crippen LogP contribution in [0.25, 0.3) is 0 Å². The van der Waals surface area contributed by atoms with Crippen molar-refractivity contribution >= 4 is 17.3 Å². The van der Waals surface area contributed by atoms with E-state index in [0.717, 1.165) is 0 Å². The highest BCUT2D eigenvalue weighted by atomic mass is 16.6. The monoisotopic (exact) mass is 385 g/mol. The molecule has 1 aliphatic carbocycles. The molecule has 1 aliphatic heterocycles. The van der Waals surface area contributed by atoms with E-state index in [1.54, 1.807) is 60.7 Å². The minimum atomic E-state index is -1.30. The summed E-state index contributed by atoms with van der Waals surface area (Å²) >= 11 is 0. The highest BCUT2D eigenvalue weighted by Crippen LogP contribution is 2.65. The summed E-state index contributed by atoms with van der Waals surface area (Å²) in [5.41, 5.74) is 0.297. The van der Waals surface area contributed by atoms with Crippen molar-refractivity contribution in [1.82, 2.24) is 0 Å². The molecule has 0 amide bonds. The van der Waals surface area contributed by atoms with Gasteiger partial charge in [0.1, 0.15) is 5.75 Å². The smallest absolute Gasteiger partial charge is 0.269 e. The van der Waals surface area contributed by atoms with Crippen LogP contribution < -0.4 is 4.74 Å². The molecule has 5 rings (SSSR count). The van der Waals surface area contributed by atoms with Gasteiger partial charge in [-0.25, -0.2) is 0 Å². The van der Waals surface area contributed by atoms with E-state index in [2.05, 4.69) is 0 Å². The third-order valence-electron chi connectivity index (χ3n) is 5.72. The van der Waals surface area contributed by atoms with Gasteiger partial charge in [0.25, 0.3) is 5.69 Å². The maximum Gasteiger partial charge on any atom is 0.269 e. The Morgan fingerprint density at radius 1 is 0.931 bits per heavy atom. The standard InChI is InChI=1S/C23H15NO5/c25-21(15-6-2-1-3-7-15)20-19(14-10-12-16(13-11-14)24(27)28)23(20)22(26)17-8-4-5-9-18(17)29-23/h1-13,19-20H/t19-,20+,23+/m0/s1. The fourth-order valence-corrected chi connectivity index (χ4v) is 4.33. The number of para-hydroxylation sites is 1. The Morgan fingerprint density at radius 2 is 1.59 bits per heavy atom. The first kappa shape index (κ1) is 17.3. The van der Waals surface area contributed by atoms with Crippen LogP contribution in [-0.4, -0.2) is 22.1 Å². The molecule has 0 unspecified atom stereocenters. The van der Waals surface area contributed by atoms with Crippen LogP contribution in [0.2, 0.25) is 0 Å². The van der Waals surface area contributed by atoms with Gasteiger partial charge in [0, 0.05) is 23.6 Å². The fraction of sp³-hybridized carbons (Fsp3) is 0.130. The molecule has 1 heterocycles. The Bertz CT molecular complexity index is 1160. The lowest BCUT2D eigenvalue weighted by Crippen LogP contribution is -2.29. The summed E-state index contributed by atoms with van der Waals surface area (Å²) in [6.45, 7) is 0. The first-order valence-electron chi connectivity index (χ1n) is 9.20. The molecule has 6 nitrogen and oxygen atoms in total. The third kappa shape index (κ3) is 2.42. The van der Waals surface area contributed by atoms with Gasteiger partial charge in [-0.3, -0.25) is 19.7 Å². The van der Waals surface area contributed by atoms with Crippen LogP contribution in [0.1, 0.15) is 32.2 Å². The Hall–Kier alpha value is -3.80. The van der Waals surface area contributed by atoms with Gasteiger partial charge < -0.3 is 4.74 Å². The van der Waals surface area contributed by atoms with Crippen molar-refractivity contribution < 1.29 is 19.2 Å². The van der Waals surface area contributed by atoms with Gasteiger partial charge in [0.05, 0.1) is 16.4 Å². The van der Waals surface area contributed by atoms with E-state index in [1.165, 1.54) is 12.1 Å². The number of carbonyl (C=O) groups excluding carboxylic acids is 2. The summed E-state index contributed by atoms with van der Waals surface area (Å²) in [5, 5.41) is 11.0. The number of ether oxygens (including phenoxy) is 1. The summed E-state index contributed by atoms with van der Waals surface area (Å²) in [5.74, 6) is -1.12. The van der Waals surface area contributed by atoms with Gasteiger partial charge in [0.15, 0.2) is 11.4 Å². The van der Waals surface area contributed by atoms with E-state index in [0.29, 0.717) is 22.4 Å². The molecular formula is C23H15NO5. The molecule has 1 spiro atoms. The third-order valence-corrected chi connectivity index (χ3v) is 5.72. The molecule has 3 aromatic rings. The zero-order valence-electron chi connectivity index (χ0n) is 15.1. The average molecular weight is 385 g/mol. The molecule has 2 aliphatic rings. The molecule has 29 heavy (non-hydrogen) atoms. The van der Waals surface area contributed by atoms with Gasteiger partial charge in [-0.15, -0.1) is 0 Å². The zero-order valence-corrected chi connectivity index (χ0v) is 15.1. The van der Waals surface area contributed by atoms with E-state index in [4.69, 9.17) is 4.74 Å². The number of nitro benzene ring substituents is 1. The zero-order chi connectivity index (χ0) is 20.2. The molecular weight excluding hydrogens is 370 g/mol. The van der Waals surface area contributed by atoms with Crippen molar-refractivity contribution in [2.24, 2.45) is 5.92 Å². The number of non-ortho nitro benzene ring substituents is 1.